The predicted molar refractivity (Wildman–Crippen MR) is 104 cm³/mol. The molecule has 5 nitrogen and oxygen atoms in total. The third-order valence-electron chi connectivity index (χ3n) is 5.45. The third kappa shape index (κ3) is 3.35. The summed E-state index contributed by atoms with van der Waals surface area (Å²) in [6.45, 7) is 2.28. The number of aromatic nitrogens is 1. The molecule has 0 radical (unpaired) electrons. The maximum absolute atomic E-state index is 11.2. The van der Waals surface area contributed by atoms with Crippen molar-refractivity contribution < 1.29 is 12.6 Å². The number of hydrogen-bond acceptors (Lipinski definition) is 5. The normalized spacial score (nSPS) is 22.2. The van der Waals surface area contributed by atoms with Crippen LogP contribution in [0, 0.1) is 12.8 Å². The second-order valence-electron chi connectivity index (χ2n) is 7.61. The van der Waals surface area contributed by atoms with Crippen molar-refractivity contribution in [3.8, 4) is 0 Å². The Kier molecular flexibility index (Phi) is 4.28. The average molecular weight is 372 g/mol. The largest absolute Gasteiger partial charge is 0.398 e. The first-order valence-corrected chi connectivity index (χ1v) is 10.8. The van der Waals surface area contributed by atoms with Gasteiger partial charge in [-0.05, 0) is 56.1 Å². The molecule has 2 aromatic rings. The molecule has 0 spiro atoms. The fourth-order valence-corrected chi connectivity index (χ4v) is 4.82. The third-order valence-corrected chi connectivity index (χ3v) is 6.05. The fourth-order valence-electron chi connectivity index (χ4n) is 4.43. The topological polar surface area (TPSA) is 82.3 Å². The molecule has 2 aliphatic rings. The molecule has 1 heterocycles. The van der Waals surface area contributed by atoms with Gasteiger partial charge in [0, 0.05) is 22.3 Å². The maximum Gasteiger partial charge on any atom is 0.264 e. The highest BCUT2D eigenvalue weighted by atomic mass is 32.2. The van der Waals surface area contributed by atoms with Crippen LogP contribution in [0.2, 0.25) is 0 Å². The van der Waals surface area contributed by atoms with Gasteiger partial charge in [0.1, 0.15) is 0 Å². The molecule has 0 aliphatic heterocycles. The van der Waals surface area contributed by atoms with Gasteiger partial charge in [-0.2, -0.15) is 8.42 Å². The number of pyridine rings is 1. The number of hydrogen-bond donors (Lipinski definition) is 1. The summed E-state index contributed by atoms with van der Waals surface area (Å²) >= 11 is 0. The van der Waals surface area contributed by atoms with Crippen LogP contribution in [0.15, 0.2) is 29.8 Å². The van der Waals surface area contributed by atoms with Crippen LogP contribution in [-0.2, 0) is 20.7 Å². The summed E-state index contributed by atoms with van der Waals surface area (Å²) in [5, 5.41) is 1.03. The summed E-state index contributed by atoms with van der Waals surface area (Å²) in [5.41, 5.74) is 13.2. The Morgan fingerprint density at radius 1 is 1.31 bits per heavy atom. The SMILES string of the molecule is Cc1ccc2c(N)c3c(nc2c1)CC1C=C(CCOS(C)(=O)=O)CC3C1. The highest BCUT2D eigenvalue weighted by molar-refractivity contribution is 7.85. The van der Waals surface area contributed by atoms with Crippen LogP contribution in [0.1, 0.15) is 42.0 Å². The van der Waals surface area contributed by atoms with Gasteiger partial charge in [0.15, 0.2) is 0 Å². The molecule has 1 aromatic carbocycles. The van der Waals surface area contributed by atoms with E-state index in [9.17, 15) is 8.42 Å². The number of anilines is 1. The van der Waals surface area contributed by atoms with Crippen LogP contribution in [0.3, 0.4) is 0 Å². The first-order chi connectivity index (χ1) is 12.3. The fraction of sp³-hybridized carbons (Fsp3) is 0.450. The van der Waals surface area contributed by atoms with Crippen molar-refractivity contribution in [3.63, 3.8) is 0 Å². The molecule has 0 amide bonds. The molecule has 6 heteroatoms. The smallest absolute Gasteiger partial charge is 0.264 e. The predicted octanol–water partition coefficient (Wildman–Crippen LogP) is 3.47. The summed E-state index contributed by atoms with van der Waals surface area (Å²) < 4.78 is 27.2. The molecule has 0 fully saturated rings. The number of fused-ring (bicyclic) bond motifs is 5. The van der Waals surface area contributed by atoms with Gasteiger partial charge in [0.2, 0.25) is 0 Å². The Bertz CT molecular complexity index is 1010. The van der Waals surface area contributed by atoms with Crippen molar-refractivity contribution in [2.24, 2.45) is 5.92 Å². The van der Waals surface area contributed by atoms with Crippen molar-refractivity contribution >= 4 is 26.7 Å². The lowest BCUT2D eigenvalue weighted by atomic mass is 9.70. The Labute approximate surface area is 154 Å². The molecule has 2 unspecified atom stereocenters. The summed E-state index contributed by atoms with van der Waals surface area (Å²) in [4.78, 5) is 4.93. The van der Waals surface area contributed by atoms with E-state index in [1.54, 1.807) is 0 Å². The Balaban J connectivity index is 1.63. The van der Waals surface area contributed by atoms with Crippen LogP contribution < -0.4 is 5.73 Å². The van der Waals surface area contributed by atoms with E-state index in [1.807, 2.05) is 0 Å². The molecular weight excluding hydrogens is 348 g/mol. The van der Waals surface area contributed by atoms with Gasteiger partial charge in [-0.15, -0.1) is 0 Å². The molecule has 138 valence electrons. The lowest BCUT2D eigenvalue weighted by Gasteiger charge is -2.36. The van der Waals surface area contributed by atoms with Gasteiger partial charge < -0.3 is 5.73 Å². The molecule has 26 heavy (non-hydrogen) atoms. The molecule has 2 aliphatic carbocycles. The van der Waals surface area contributed by atoms with E-state index < -0.39 is 10.1 Å². The highest BCUT2D eigenvalue weighted by Crippen LogP contribution is 2.47. The number of benzene rings is 1. The van der Waals surface area contributed by atoms with Crippen LogP contribution in [0.5, 0.6) is 0 Å². The van der Waals surface area contributed by atoms with Crippen LogP contribution in [-0.4, -0.2) is 26.3 Å². The van der Waals surface area contributed by atoms with E-state index in [0.29, 0.717) is 18.3 Å². The lowest BCUT2D eigenvalue weighted by Crippen LogP contribution is -2.25. The summed E-state index contributed by atoms with van der Waals surface area (Å²) in [7, 11) is -3.38. The molecule has 1 aromatic heterocycles. The van der Waals surface area contributed by atoms with E-state index in [2.05, 4.69) is 31.2 Å². The number of aryl methyl sites for hydroxylation is 1. The summed E-state index contributed by atoms with van der Waals surface area (Å²) in [5.74, 6) is 0.809. The van der Waals surface area contributed by atoms with E-state index >= 15 is 0 Å². The monoisotopic (exact) mass is 372 g/mol. The molecule has 2 N–H and O–H groups in total. The van der Waals surface area contributed by atoms with Crippen molar-refractivity contribution in [2.75, 3.05) is 18.6 Å². The number of nitrogens with two attached hydrogens (primary N) is 1. The van der Waals surface area contributed by atoms with Crippen LogP contribution in [0.25, 0.3) is 10.9 Å². The second-order valence-corrected chi connectivity index (χ2v) is 9.25. The number of allylic oxidation sites excluding steroid dienone is 1. The minimum atomic E-state index is -3.38. The number of rotatable bonds is 4. The number of nitrogen functional groups attached to an aromatic ring is 1. The molecular formula is C20H24N2O3S. The zero-order chi connectivity index (χ0) is 18.5. The Hall–Kier alpha value is -1.92. The molecule has 2 atom stereocenters. The van der Waals surface area contributed by atoms with Gasteiger partial charge in [-0.3, -0.25) is 9.17 Å². The van der Waals surface area contributed by atoms with Crippen LogP contribution in [0.4, 0.5) is 5.69 Å². The molecule has 0 saturated carbocycles. The van der Waals surface area contributed by atoms with Gasteiger partial charge in [0.05, 0.1) is 18.4 Å². The minimum Gasteiger partial charge on any atom is -0.398 e. The van der Waals surface area contributed by atoms with E-state index in [1.165, 1.54) is 16.7 Å². The highest BCUT2D eigenvalue weighted by Gasteiger charge is 2.33. The Morgan fingerprint density at radius 2 is 2.12 bits per heavy atom. The zero-order valence-corrected chi connectivity index (χ0v) is 16.0. The van der Waals surface area contributed by atoms with Gasteiger partial charge in [-0.1, -0.05) is 23.8 Å². The molecule has 4 rings (SSSR count). The van der Waals surface area contributed by atoms with E-state index in [-0.39, 0.29) is 6.61 Å². The summed E-state index contributed by atoms with van der Waals surface area (Å²) in [6, 6.07) is 6.24. The maximum atomic E-state index is 11.2. The molecule has 0 saturated heterocycles. The van der Waals surface area contributed by atoms with Crippen molar-refractivity contribution in [1.82, 2.24) is 4.98 Å². The Morgan fingerprint density at radius 3 is 2.88 bits per heavy atom. The van der Waals surface area contributed by atoms with Crippen molar-refractivity contribution in [1.29, 1.82) is 0 Å². The van der Waals surface area contributed by atoms with Crippen molar-refractivity contribution in [2.45, 2.75) is 38.5 Å². The van der Waals surface area contributed by atoms with Gasteiger partial charge >= 0.3 is 0 Å². The number of nitrogens with zero attached hydrogens (tertiary/aromatic N) is 1. The van der Waals surface area contributed by atoms with Crippen molar-refractivity contribution in [3.05, 3.63) is 46.7 Å². The average Bonchev–Trinajstić information content (AvgIpc) is 2.52. The first-order valence-electron chi connectivity index (χ1n) is 9.03. The molecule has 2 bridgehead atoms. The standard InChI is InChI=1S/C20H24N2O3S/c1-12-3-4-16-17(7-12)22-18-11-14-8-13(5-6-25-26(2,23)24)9-15(10-14)19(18)20(16)21/h3-4,7-8,14-15H,5-6,9-11H2,1-2H3,(H2,21,22). The van der Waals surface area contributed by atoms with Gasteiger partial charge in [0.25, 0.3) is 10.1 Å². The van der Waals surface area contributed by atoms with Gasteiger partial charge in [-0.25, -0.2) is 0 Å². The second kappa shape index (κ2) is 6.35. The zero-order valence-electron chi connectivity index (χ0n) is 15.2. The summed E-state index contributed by atoms with van der Waals surface area (Å²) in [6.07, 6.45) is 6.92. The quantitative estimate of drug-likeness (QED) is 0.656. The first kappa shape index (κ1) is 17.5. The van der Waals surface area contributed by atoms with E-state index in [0.717, 1.165) is 47.8 Å². The lowest BCUT2D eigenvalue weighted by molar-refractivity contribution is 0.318. The minimum absolute atomic E-state index is 0.210. The van der Waals surface area contributed by atoms with E-state index in [4.69, 9.17) is 14.9 Å². The van der Waals surface area contributed by atoms with Crippen LogP contribution >= 0.6 is 0 Å².